The summed E-state index contributed by atoms with van der Waals surface area (Å²) in [6, 6.07) is 7.86. The summed E-state index contributed by atoms with van der Waals surface area (Å²) < 4.78 is 1.00. The Morgan fingerprint density at radius 1 is 1.32 bits per heavy atom. The first-order valence-corrected chi connectivity index (χ1v) is 8.40. The number of halogens is 1. The maximum Gasteiger partial charge on any atom is 0.143 e. The number of piperidine rings is 1. The second-order valence-corrected chi connectivity index (χ2v) is 6.67. The molecular weight excluding hydrogens is 324 g/mol. The Morgan fingerprint density at radius 2 is 2.11 bits per heavy atom. The summed E-state index contributed by atoms with van der Waals surface area (Å²) in [7, 11) is 0. The van der Waals surface area contributed by atoms with Crippen molar-refractivity contribution < 1.29 is 5.21 Å². The lowest BCUT2D eigenvalue weighted by Gasteiger charge is -2.26. The maximum atomic E-state index is 9.15. The van der Waals surface area contributed by atoms with Gasteiger partial charge in [0.15, 0.2) is 0 Å². The van der Waals surface area contributed by atoms with Crippen LogP contribution in [0.3, 0.4) is 0 Å². The first-order chi connectivity index (χ1) is 9.29. The van der Waals surface area contributed by atoms with Crippen LogP contribution in [-0.4, -0.2) is 40.5 Å². The predicted molar refractivity (Wildman–Crippen MR) is 85.2 cm³/mol. The molecular formula is C14H19BrN2OS. The third-order valence-corrected chi connectivity index (χ3v) is 4.73. The molecule has 1 aliphatic heterocycles. The number of thioether (sulfide) groups is 1. The summed E-state index contributed by atoms with van der Waals surface area (Å²) in [5.41, 5.74) is 0.959. The van der Waals surface area contributed by atoms with Crippen molar-refractivity contribution in [2.24, 2.45) is 5.16 Å². The fraction of sp³-hybridized carbons (Fsp3) is 0.500. The number of hydrogen-bond donors (Lipinski definition) is 1. The van der Waals surface area contributed by atoms with E-state index in [1.54, 1.807) is 11.8 Å². The monoisotopic (exact) mass is 342 g/mol. The molecule has 1 aliphatic rings. The van der Waals surface area contributed by atoms with E-state index in [0.29, 0.717) is 5.04 Å². The fourth-order valence-electron chi connectivity index (χ4n) is 2.25. The molecule has 1 aromatic carbocycles. The van der Waals surface area contributed by atoms with E-state index >= 15 is 0 Å². The van der Waals surface area contributed by atoms with Crippen molar-refractivity contribution in [1.29, 1.82) is 0 Å². The van der Waals surface area contributed by atoms with Gasteiger partial charge in [-0.2, -0.15) is 0 Å². The molecule has 2 rings (SSSR count). The van der Waals surface area contributed by atoms with Crippen LogP contribution in [0.15, 0.2) is 33.9 Å². The Bertz CT molecular complexity index is 433. The van der Waals surface area contributed by atoms with Gasteiger partial charge in [0.2, 0.25) is 0 Å². The summed E-state index contributed by atoms with van der Waals surface area (Å²) in [5.74, 6) is 0.964. The number of rotatable bonds is 4. The summed E-state index contributed by atoms with van der Waals surface area (Å²) in [6.07, 6.45) is 4.00. The second kappa shape index (κ2) is 7.92. The number of nitrogens with zero attached hydrogens (tertiary/aromatic N) is 2. The highest BCUT2D eigenvalue weighted by atomic mass is 79.9. The Labute approximate surface area is 127 Å². The van der Waals surface area contributed by atoms with Gasteiger partial charge in [-0.15, -0.1) is 11.8 Å². The molecule has 1 saturated heterocycles. The van der Waals surface area contributed by atoms with Gasteiger partial charge < -0.3 is 10.1 Å². The van der Waals surface area contributed by atoms with Crippen LogP contribution in [0.25, 0.3) is 0 Å². The topological polar surface area (TPSA) is 35.8 Å². The normalized spacial score (nSPS) is 17.6. The number of benzene rings is 1. The number of oxime groups is 1. The van der Waals surface area contributed by atoms with Gasteiger partial charge in [0.25, 0.3) is 0 Å². The SMILES string of the molecule is O/N=C(/SCCN1CCCCC1)c1cccc(Br)c1. The minimum absolute atomic E-state index is 0.693. The number of likely N-dealkylation sites (tertiary alicyclic amines) is 1. The van der Waals surface area contributed by atoms with E-state index in [9.17, 15) is 0 Å². The largest absolute Gasteiger partial charge is 0.410 e. The molecule has 0 bridgehead atoms. The van der Waals surface area contributed by atoms with Crippen LogP contribution in [0.1, 0.15) is 24.8 Å². The first kappa shape index (κ1) is 14.9. The molecule has 1 fully saturated rings. The molecule has 1 N–H and O–H groups in total. The second-order valence-electron chi connectivity index (χ2n) is 4.67. The van der Waals surface area contributed by atoms with E-state index in [1.807, 2.05) is 24.3 Å². The molecule has 0 saturated carbocycles. The molecule has 5 heteroatoms. The van der Waals surface area contributed by atoms with E-state index in [1.165, 1.54) is 32.4 Å². The zero-order chi connectivity index (χ0) is 13.5. The molecule has 104 valence electrons. The summed E-state index contributed by atoms with van der Waals surface area (Å²) in [5, 5.41) is 13.3. The van der Waals surface area contributed by atoms with E-state index in [0.717, 1.165) is 22.3 Å². The van der Waals surface area contributed by atoms with Crippen LogP contribution in [-0.2, 0) is 0 Å². The lowest BCUT2D eigenvalue weighted by Crippen LogP contribution is -2.31. The average Bonchev–Trinajstić information content (AvgIpc) is 2.45. The third kappa shape index (κ3) is 4.82. The minimum Gasteiger partial charge on any atom is -0.410 e. The zero-order valence-electron chi connectivity index (χ0n) is 10.9. The minimum atomic E-state index is 0.693. The summed E-state index contributed by atoms with van der Waals surface area (Å²) in [4.78, 5) is 2.49. The lowest BCUT2D eigenvalue weighted by molar-refractivity contribution is 0.242. The van der Waals surface area contributed by atoms with Crippen molar-refractivity contribution >= 4 is 32.7 Å². The smallest absolute Gasteiger partial charge is 0.143 e. The van der Waals surface area contributed by atoms with Gasteiger partial charge in [0, 0.05) is 22.3 Å². The van der Waals surface area contributed by atoms with Crippen LogP contribution in [0, 0.1) is 0 Å². The fourth-order valence-corrected chi connectivity index (χ4v) is 3.54. The van der Waals surface area contributed by atoms with Gasteiger partial charge >= 0.3 is 0 Å². The Balaban J connectivity index is 1.83. The molecule has 1 aromatic rings. The summed E-state index contributed by atoms with van der Waals surface area (Å²) in [6.45, 7) is 3.49. The first-order valence-electron chi connectivity index (χ1n) is 6.63. The van der Waals surface area contributed by atoms with Crippen LogP contribution in [0.2, 0.25) is 0 Å². The lowest BCUT2D eigenvalue weighted by atomic mass is 10.1. The van der Waals surface area contributed by atoms with Crippen LogP contribution < -0.4 is 0 Å². The standard InChI is InChI=1S/C14H19BrN2OS/c15-13-6-4-5-12(11-13)14(16-18)19-10-9-17-7-2-1-3-8-17/h4-6,11,18H,1-3,7-10H2/b16-14+. The highest BCUT2D eigenvalue weighted by Crippen LogP contribution is 2.19. The van der Waals surface area contributed by atoms with E-state index < -0.39 is 0 Å². The molecule has 0 unspecified atom stereocenters. The van der Waals surface area contributed by atoms with Gasteiger partial charge in [-0.1, -0.05) is 39.6 Å². The number of hydrogen-bond acceptors (Lipinski definition) is 4. The summed E-state index contributed by atoms with van der Waals surface area (Å²) >= 11 is 5.05. The van der Waals surface area contributed by atoms with Crippen LogP contribution in [0.5, 0.6) is 0 Å². The Kier molecular flexibility index (Phi) is 6.20. The van der Waals surface area contributed by atoms with Gasteiger partial charge in [0.1, 0.15) is 5.04 Å². The Hall–Kier alpha value is -0.520. The van der Waals surface area contributed by atoms with Crippen molar-refractivity contribution in [3.63, 3.8) is 0 Å². The van der Waals surface area contributed by atoms with Crippen molar-refractivity contribution in [1.82, 2.24) is 4.90 Å². The molecule has 0 amide bonds. The van der Waals surface area contributed by atoms with Gasteiger partial charge in [-0.05, 0) is 38.1 Å². The quantitative estimate of drug-likeness (QED) is 0.391. The average molecular weight is 343 g/mol. The van der Waals surface area contributed by atoms with E-state index in [2.05, 4.69) is 26.0 Å². The molecule has 19 heavy (non-hydrogen) atoms. The van der Waals surface area contributed by atoms with Crippen molar-refractivity contribution in [2.45, 2.75) is 19.3 Å². The predicted octanol–water partition coefficient (Wildman–Crippen LogP) is 3.80. The van der Waals surface area contributed by atoms with Gasteiger partial charge in [0.05, 0.1) is 0 Å². The van der Waals surface area contributed by atoms with Crippen molar-refractivity contribution in [2.75, 3.05) is 25.4 Å². The third-order valence-electron chi connectivity index (χ3n) is 3.26. The molecule has 0 aliphatic carbocycles. The maximum absolute atomic E-state index is 9.15. The molecule has 0 radical (unpaired) electrons. The van der Waals surface area contributed by atoms with Crippen LogP contribution in [0.4, 0.5) is 0 Å². The van der Waals surface area contributed by atoms with Crippen LogP contribution >= 0.6 is 27.7 Å². The van der Waals surface area contributed by atoms with Crippen molar-refractivity contribution in [3.8, 4) is 0 Å². The van der Waals surface area contributed by atoms with Gasteiger partial charge in [-0.3, -0.25) is 0 Å². The molecule has 0 aromatic heterocycles. The molecule has 0 spiro atoms. The van der Waals surface area contributed by atoms with E-state index in [-0.39, 0.29) is 0 Å². The molecule has 3 nitrogen and oxygen atoms in total. The van der Waals surface area contributed by atoms with Crippen molar-refractivity contribution in [3.05, 3.63) is 34.3 Å². The van der Waals surface area contributed by atoms with Gasteiger partial charge in [-0.25, -0.2) is 0 Å². The zero-order valence-corrected chi connectivity index (χ0v) is 13.3. The highest BCUT2D eigenvalue weighted by Gasteiger charge is 2.11. The molecule has 1 heterocycles. The Morgan fingerprint density at radius 3 is 2.79 bits per heavy atom. The molecule has 0 atom stereocenters. The highest BCUT2D eigenvalue weighted by molar-refractivity contribution is 9.10. The van der Waals surface area contributed by atoms with E-state index in [4.69, 9.17) is 5.21 Å².